The smallest absolute Gasteiger partial charge is 0.0969 e. The zero-order chi connectivity index (χ0) is 19.8. The molecule has 144 valence electrons. The van der Waals surface area contributed by atoms with Crippen LogP contribution in [-0.4, -0.2) is 16.7 Å². The quantitative estimate of drug-likeness (QED) is 0.447. The van der Waals surface area contributed by atoms with Crippen molar-refractivity contribution < 1.29 is 4.74 Å². The van der Waals surface area contributed by atoms with Gasteiger partial charge < -0.3 is 9.30 Å². The van der Waals surface area contributed by atoms with E-state index in [2.05, 4.69) is 84.4 Å². The van der Waals surface area contributed by atoms with Gasteiger partial charge in [-0.3, -0.25) is 4.98 Å². The molecule has 0 amide bonds. The maximum Gasteiger partial charge on any atom is 0.0969 e. The fourth-order valence-electron chi connectivity index (χ4n) is 3.80. The summed E-state index contributed by atoms with van der Waals surface area (Å²) in [6.07, 6.45) is 2.80. The second-order valence-corrected chi connectivity index (χ2v) is 9.20. The van der Waals surface area contributed by atoms with E-state index in [4.69, 9.17) is 4.74 Å². The minimum Gasteiger partial charge on any atom is -0.375 e. The first kappa shape index (κ1) is 20.1. The first-order valence-electron chi connectivity index (χ1n) is 9.55. The van der Waals surface area contributed by atoms with Crippen molar-refractivity contribution in [2.24, 2.45) is 5.41 Å². The van der Waals surface area contributed by atoms with Crippen LogP contribution in [0.15, 0.2) is 41.0 Å². The van der Waals surface area contributed by atoms with Crippen molar-refractivity contribution in [3.8, 4) is 11.3 Å². The van der Waals surface area contributed by atoms with Gasteiger partial charge in [0.1, 0.15) is 0 Å². The monoisotopic (exact) mass is 428 g/mol. The molecule has 0 saturated carbocycles. The Balaban J connectivity index is 2.40. The Morgan fingerprint density at radius 1 is 1.22 bits per heavy atom. The molecule has 0 fully saturated rings. The van der Waals surface area contributed by atoms with Crippen LogP contribution >= 0.6 is 15.9 Å². The molecule has 3 rings (SSSR count). The molecule has 0 aliphatic rings. The van der Waals surface area contributed by atoms with Gasteiger partial charge in [-0.15, -0.1) is 0 Å². The second-order valence-electron chi connectivity index (χ2n) is 8.28. The van der Waals surface area contributed by atoms with Crippen molar-refractivity contribution in [3.05, 3.63) is 52.3 Å². The summed E-state index contributed by atoms with van der Waals surface area (Å²) in [6, 6.07) is 10.8. The Kier molecular flexibility index (Phi) is 5.78. The van der Waals surface area contributed by atoms with Gasteiger partial charge >= 0.3 is 0 Å². The molecule has 0 unspecified atom stereocenters. The molecule has 0 N–H and O–H groups in total. The van der Waals surface area contributed by atoms with Crippen molar-refractivity contribution in [1.29, 1.82) is 0 Å². The lowest BCUT2D eigenvalue weighted by Crippen LogP contribution is -2.11. The number of fused-ring (bicyclic) bond motifs is 1. The molecule has 4 heteroatoms. The zero-order valence-corrected chi connectivity index (χ0v) is 18.7. The van der Waals surface area contributed by atoms with Crippen molar-refractivity contribution in [2.45, 2.75) is 53.7 Å². The summed E-state index contributed by atoms with van der Waals surface area (Å²) in [5.41, 5.74) is 6.27. The van der Waals surface area contributed by atoms with Gasteiger partial charge in [0.2, 0.25) is 0 Å². The topological polar surface area (TPSA) is 27.1 Å². The Morgan fingerprint density at radius 2 is 1.96 bits per heavy atom. The van der Waals surface area contributed by atoms with Gasteiger partial charge in [0.15, 0.2) is 0 Å². The average Bonchev–Trinajstić information content (AvgIpc) is 2.92. The Morgan fingerprint density at radius 3 is 2.59 bits per heavy atom. The van der Waals surface area contributed by atoms with E-state index in [9.17, 15) is 0 Å². The van der Waals surface area contributed by atoms with Crippen LogP contribution < -0.4 is 0 Å². The molecule has 0 bridgehead atoms. The van der Waals surface area contributed by atoms with Crippen LogP contribution in [0.2, 0.25) is 0 Å². The summed E-state index contributed by atoms with van der Waals surface area (Å²) < 4.78 is 9.16. The number of methoxy groups -OCH3 is 1. The first-order valence-corrected chi connectivity index (χ1v) is 10.3. The standard InChI is InChI=1S/C23H29BrN2O/c1-7-26-20-11-10-16(24)13-18(20)19(14-23(3,4)5)22(26)17-9-8-12-25-21(17)15(2)27-6/h8-13,15H,7,14H2,1-6H3/t15-/m0/s1. The third-order valence-corrected chi connectivity index (χ3v) is 5.48. The number of rotatable bonds is 5. The van der Waals surface area contributed by atoms with Gasteiger partial charge in [-0.2, -0.15) is 0 Å². The minimum atomic E-state index is -0.0567. The predicted octanol–water partition coefficient (Wildman–Crippen LogP) is 6.78. The van der Waals surface area contributed by atoms with E-state index >= 15 is 0 Å². The summed E-state index contributed by atoms with van der Waals surface area (Å²) in [4.78, 5) is 4.68. The highest BCUT2D eigenvalue weighted by atomic mass is 79.9. The maximum atomic E-state index is 5.63. The third-order valence-electron chi connectivity index (χ3n) is 4.99. The molecule has 0 radical (unpaired) electrons. The van der Waals surface area contributed by atoms with Crippen molar-refractivity contribution in [1.82, 2.24) is 9.55 Å². The highest BCUT2D eigenvalue weighted by Crippen LogP contribution is 2.40. The number of ether oxygens (including phenoxy) is 1. The summed E-state index contributed by atoms with van der Waals surface area (Å²) in [7, 11) is 1.74. The molecule has 1 atom stereocenters. The second kappa shape index (κ2) is 7.76. The van der Waals surface area contributed by atoms with Crippen LogP contribution in [0, 0.1) is 5.41 Å². The molecule has 0 aliphatic carbocycles. The van der Waals surface area contributed by atoms with E-state index in [1.165, 1.54) is 27.7 Å². The van der Waals surface area contributed by atoms with E-state index in [0.29, 0.717) is 0 Å². The van der Waals surface area contributed by atoms with Crippen LogP contribution in [0.5, 0.6) is 0 Å². The number of benzene rings is 1. The summed E-state index contributed by atoms with van der Waals surface area (Å²) >= 11 is 3.67. The Labute approximate surface area is 170 Å². The molecular formula is C23H29BrN2O. The van der Waals surface area contributed by atoms with Gasteiger partial charge in [-0.05, 0) is 61.6 Å². The van der Waals surface area contributed by atoms with Gasteiger partial charge in [-0.1, -0.05) is 36.7 Å². The molecule has 27 heavy (non-hydrogen) atoms. The Bertz CT molecular complexity index is 953. The van der Waals surface area contributed by atoms with E-state index in [0.717, 1.165) is 23.1 Å². The molecule has 2 heterocycles. The van der Waals surface area contributed by atoms with Crippen molar-refractivity contribution in [3.63, 3.8) is 0 Å². The van der Waals surface area contributed by atoms with Gasteiger partial charge in [0.05, 0.1) is 17.5 Å². The van der Waals surface area contributed by atoms with Crippen LogP contribution in [-0.2, 0) is 17.7 Å². The lowest BCUT2D eigenvalue weighted by molar-refractivity contribution is 0.116. The van der Waals surface area contributed by atoms with E-state index in [1.54, 1.807) is 7.11 Å². The van der Waals surface area contributed by atoms with Crippen LogP contribution in [0.25, 0.3) is 22.2 Å². The van der Waals surface area contributed by atoms with Crippen LogP contribution in [0.1, 0.15) is 52.0 Å². The summed E-state index contributed by atoms with van der Waals surface area (Å²) in [6.45, 7) is 12.1. The zero-order valence-electron chi connectivity index (χ0n) is 17.1. The van der Waals surface area contributed by atoms with E-state index < -0.39 is 0 Å². The number of aromatic nitrogens is 2. The lowest BCUT2D eigenvalue weighted by atomic mass is 9.85. The molecule has 2 aromatic heterocycles. The number of hydrogen-bond donors (Lipinski definition) is 0. The highest BCUT2D eigenvalue weighted by Gasteiger charge is 2.25. The average molecular weight is 429 g/mol. The van der Waals surface area contributed by atoms with E-state index in [-0.39, 0.29) is 11.5 Å². The van der Waals surface area contributed by atoms with Crippen LogP contribution in [0.4, 0.5) is 0 Å². The van der Waals surface area contributed by atoms with Crippen LogP contribution in [0.3, 0.4) is 0 Å². The number of pyridine rings is 1. The normalized spacial score (nSPS) is 13.3. The number of nitrogens with zero attached hydrogens (tertiary/aromatic N) is 2. The maximum absolute atomic E-state index is 5.63. The predicted molar refractivity (Wildman–Crippen MR) is 117 cm³/mol. The summed E-state index contributed by atoms with van der Waals surface area (Å²) in [5.74, 6) is 0. The molecular weight excluding hydrogens is 400 g/mol. The summed E-state index contributed by atoms with van der Waals surface area (Å²) in [5, 5.41) is 1.32. The van der Waals surface area contributed by atoms with Gasteiger partial charge in [0, 0.05) is 40.8 Å². The third kappa shape index (κ3) is 3.97. The lowest BCUT2D eigenvalue weighted by Gasteiger charge is -2.21. The Hall–Kier alpha value is -1.65. The fraction of sp³-hybridized carbons (Fsp3) is 0.435. The largest absolute Gasteiger partial charge is 0.375 e. The number of aryl methyl sites for hydroxylation is 1. The molecule has 0 aliphatic heterocycles. The molecule has 0 saturated heterocycles. The van der Waals surface area contributed by atoms with Gasteiger partial charge in [-0.25, -0.2) is 0 Å². The SMILES string of the molecule is CCn1c(-c2cccnc2[C@H](C)OC)c(CC(C)(C)C)c2cc(Br)ccc21. The molecule has 3 nitrogen and oxygen atoms in total. The fourth-order valence-corrected chi connectivity index (χ4v) is 4.16. The van der Waals surface area contributed by atoms with E-state index in [1.807, 2.05) is 12.3 Å². The molecule has 1 aromatic carbocycles. The van der Waals surface area contributed by atoms with Gasteiger partial charge in [0.25, 0.3) is 0 Å². The number of halogens is 1. The first-order chi connectivity index (χ1) is 12.8. The molecule has 3 aromatic rings. The highest BCUT2D eigenvalue weighted by molar-refractivity contribution is 9.10. The van der Waals surface area contributed by atoms with Crippen molar-refractivity contribution >= 4 is 26.8 Å². The van der Waals surface area contributed by atoms with Crippen molar-refractivity contribution in [2.75, 3.05) is 7.11 Å². The minimum absolute atomic E-state index is 0.0567. The number of hydrogen-bond acceptors (Lipinski definition) is 2. The molecule has 0 spiro atoms.